The second-order valence-electron chi connectivity index (χ2n) is 9.90. The van der Waals surface area contributed by atoms with E-state index in [0.717, 1.165) is 39.8 Å². The highest BCUT2D eigenvalue weighted by molar-refractivity contribution is 5.97. The number of carboxylic acid groups (broad SMARTS) is 1. The Morgan fingerprint density at radius 2 is 1.74 bits per heavy atom. The number of hydrogen-bond acceptors (Lipinski definition) is 4. The Hall–Kier alpha value is -3.94. The van der Waals surface area contributed by atoms with Gasteiger partial charge in [0.25, 0.3) is 5.91 Å². The second kappa shape index (κ2) is 9.74. The van der Waals surface area contributed by atoms with Crippen LogP contribution in [0.3, 0.4) is 0 Å². The number of nitrogens with zero attached hydrogens (tertiary/aromatic N) is 1. The van der Waals surface area contributed by atoms with E-state index in [0.29, 0.717) is 29.7 Å². The number of methoxy groups -OCH3 is 1. The van der Waals surface area contributed by atoms with Gasteiger partial charge in [-0.3, -0.25) is 9.59 Å². The van der Waals surface area contributed by atoms with Gasteiger partial charge in [0.05, 0.1) is 25.7 Å². The third-order valence-electron chi connectivity index (χ3n) is 7.82. The van der Waals surface area contributed by atoms with Gasteiger partial charge >= 0.3 is 5.97 Å². The van der Waals surface area contributed by atoms with Crippen molar-refractivity contribution in [1.82, 2.24) is 4.90 Å². The molecule has 3 aromatic carbocycles. The number of ether oxygens (including phenoxy) is 2. The molecule has 0 fully saturated rings. The normalized spacial score (nSPS) is 14.1. The van der Waals surface area contributed by atoms with Gasteiger partial charge in [-0.15, -0.1) is 0 Å². The van der Waals surface area contributed by atoms with Gasteiger partial charge in [0, 0.05) is 18.7 Å². The zero-order chi connectivity index (χ0) is 27.3. The maximum Gasteiger partial charge on any atom is 0.307 e. The Morgan fingerprint density at radius 3 is 2.42 bits per heavy atom. The molecule has 0 radical (unpaired) electrons. The van der Waals surface area contributed by atoms with Gasteiger partial charge in [0.15, 0.2) is 23.1 Å². The van der Waals surface area contributed by atoms with Crippen molar-refractivity contribution in [2.45, 2.75) is 53.1 Å². The van der Waals surface area contributed by atoms with Crippen molar-refractivity contribution < 1.29 is 33.0 Å². The molecule has 6 nitrogen and oxygen atoms in total. The molecule has 0 bridgehead atoms. The highest BCUT2D eigenvalue weighted by Crippen LogP contribution is 2.44. The Bertz CT molecular complexity index is 1500. The van der Waals surface area contributed by atoms with Gasteiger partial charge in [0.1, 0.15) is 0 Å². The van der Waals surface area contributed by atoms with Crippen LogP contribution in [0, 0.1) is 32.4 Å². The first kappa shape index (κ1) is 25.7. The minimum absolute atomic E-state index is 0.114. The molecule has 1 N–H and O–H groups in total. The maximum absolute atomic E-state index is 15.2. The second-order valence-corrected chi connectivity index (χ2v) is 9.90. The lowest BCUT2D eigenvalue weighted by Gasteiger charge is -2.25. The number of para-hydroxylation sites is 1. The van der Waals surface area contributed by atoms with Crippen LogP contribution in [0.15, 0.2) is 24.3 Å². The van der Waals surface area contributed by atoms with Crippen LogP contribution in [0.4, 0.5) is 8.78 Å². The molecule has 0 unspecified atom stereocenters. The molecule has 0 atom stereocenters. The summed E-state index contributed by atoms with van der Waals surface area (Å²) in [6, 6.07) is 5.66. The predicted octanol–water partition coefficient (Wildman–Crippen LogP) is 5.67. The molecular weight excluding hydrogens is 492 g/mol. The summed E-state index contributed by atoms with van der Waals surface area (Å²) in [7, 11) is 1.32. The van der Waals surface area contributed by atoms with Crippen LogP contribution >= 0.6 is 0 Å². The van der Waals surface area contributed by atoms with Crippen LogP contribution in [0.25, 0.3) is 11.1 Å². The number of benzene rings is 3. The average Bonchev–Trinajstić information content (AvgIpc) is 3.35. The largest absolute Gasteiger partial charge is 0.493 e. The summed E-state index contributed by atoms with van der Waals surface area (Å²) in [5.41, 5.74) is 7.05. The topological polar surface area (TPSA) is 76.1 Å². The van der Waals surface area contributed by atoms with E-state index in [9.17, 15) is 19.1 Å². The minimum atomic E-state index is -0.997. The summed E-state index contributed by atoms with van der Waals surface area (Å²) >= 11 is 0. The van der Waals surface area contributed by atoms with E-state index in [-0.39, 0.29) is 42.5 Å². The Labute approximate surface area is 219 Å². The van der Waals surface area contributed by atoms with Gasteiger partial charge in [-0.05, 0) is 96.3 Å². The number of rotatable bonds is 5. The fourth-order valence-corrected chi connectivity index (χ4v) is 5.92. The minimum Gasteiger partial charge on any atom is -0.493 e. The average molecular weight is 522 g/mol. The van der Waals surface area contributed by atoms with Gasteiger partial charge in [0.2, 0.25) is 0 Å². The molecule has 2 heterocycles. The number of aliphatic carboxylic acids is 1. The molecule has 2 aliphatic rings. The van der Waals surface area contributed by atoms with E-state index in [1.807, 2.05) is 20.8 Å². The van der Waals surface area contributed by atoms with E-state index in [4.69, 9.17) is 9.47 Å². The monoisotopic (exact) mass is 521 g/mol. The number of amides is 1. The molecule has 198 valence electrons. The van der Waals surface area contributed by atoms with Crippen LogP contribution < -0.4 is 9.47 Å². The van der Waals surface area contributed by atoms with Crippen LogP contribution in [-0.2, 0) is 30.7 Å². The van der Waals surface area contributed by atoms with Crippen LogP contribution in [0.1, 0.15) is 55.7 Å². The SMILES string of the molecule is COc1c(F)cccc1C(=O)N1Cc2c(C)c(CC(=O)O)c(-c3cc(F)c4c(c3C)CCCO4)c(C)c2C1. The van der Waals surface area contributed by atoms with Crippen molar-refractivity contribution in [3.05, 3.63) is 80.4 Å². The van der Waals surface area contributed by atoms with Crippen molar-refractivity contribution in [1.29, 1.82) is 0 Å². The molecule has 1 amide bonds. The number of hydrogen-bond donors (Lipinski definition) is 1. The lowest BCUT2D eigenvalue weighted by Crippen LogP contribution is -2.26. The highest BCUT2D eigenvalue weighted by atomic mass is 19.1. The fraction of sp³-hybridized carbons (Fsp3) is 0.333. The van der Waals surface area contributed by atoms with Crippen molar-refractivity contribution in [2.24, 2.45) is 0 Å². The number of carbonyl (C=O) groups excluding carboxylic acids is 1. The molecule has 0 aromatic heterocycles. The third kappa shape index (κ3) is 4.08. The predicted molar refractivity (Wildman–Crippen MR) is 138 cm³/mol. The molecule has 2 aliphatic heterocycles. The smallest absolute Gasteiger partial charge is 0.307 e. The van der Waals surface area contributed by atoms with Crippen molar-refractivity contribution in [3.63, 3.8) is 0 Å². The zero-order valence-electron chi connectivity index (χ0n) is 21.8. The van der Waals surface area contributed by atoms with E-state index in [1.54, 1.807) is 4.90 Å². The first-order valence-electron chi connectivity index (χ1n) is 12.6. The summed E-state index contributed by atoms with van der Waals surface area (Å²) in [6.07, 6.45) is 1.22. The summed E-state index contributed by atoms with van der Waals surface area (Å²) in [5, 5.41) is 9.78. The summed E-state index contributed by atoms with van der Waals surface area (Å²) in [6.45, 7) is 6.63. The van der Waals surface area contributed by atoms with E-state index in [1.165, 1.54) is 31.4 Å². The first-order valence-corrected chi connectivity index (χ1v) is 12.6. The lowest BCUT2D eigenvalue weighted by molar-refractivity contribution is -0.136. The molecule has 5 rings (SSSR count). The van der Waals surface area contributed by atoms with Crippen molar-refractivity contribution >= 4 is 11.9 Å². The summed E-state index contributed by atoms with van der Waals surface area (Å²) < 4.78 is 40.3. The molecular formula is C30H29F2NO5. The van der Waals surface area contributed by atoms with Crippen molar-refractivity contribution in [2.75, 3.05) is 13.7 Å². The third-order valence-corrected chi connectivity index (χ3v) is 7.82. The lowest BCUT2D eigenvalue weighted by atomic mass is 9.81. The van der Waals surface area contributed by atoms with E-state index >= 15 is 4.39 Å². The first-order chi connectivity index (χ1) is 18.1. The van der Waals surface area contributed by atoms with Gasteiger partial charge in [-0.25, -0.2) is 8.78 Å². The van der Waals surface area contributed by atoms with Crippen LogP contribution in [0.5, 0.6) is 11.5 Å². The Morgan fingerprint density at radius 1 is 1.03 bits per heavy atom. The molecule has 0 saturated heterocycles. The maximum atomic E-state index is 15.2. The zero-order valence-corrected chi connectivity index (χ0v) is 21.8. The van der Waals surface area contributed by atoms with Crippen molar-refractivity contribution in [3.8, 4) is 22.6 Å². The van der Waals surface area contributed by atoms with Gasteiger partial charge < -0.3 is 19.5 Å². The van der Waals surface area contributed by atoms with E-state index in [2.05, 4.69) is 0 Å². The quantitative estimate of drug-likeness (QED) is 0.468. The standard InChI is InChI=1S/C30H29F2NO5/c1-15-18-8-6-10-38-29(18)25(32)11-20(15)27-17(3)23-14-33(13-22(23)16(2)21(27)12-26(34)35)30(36)19-7-5-9-24(31)28(19)37-4/h5,7,9,11H,6,8,10,12-14H2,1-4H3,(H,34,35). The molecule has 3 aromatic rings. The Kier molecular flexibility index (Phi) is 6.59. The number of fused-ring (bicyclic) bond motifs is 2. The number of carbonyl (C=O) groups is 2. The van der Waals surface area contributed by atoms with Crippen LogP contribution in [-0.4, -0.2) is 35.6 Å². The number of carboxylic acids is 1. The molecule has 8 heteroatoms. The van der Waals surface area contributed by atoms with Gasteiger partial charge in [-0.1, -0.05) is 6.07 Å². The Balaban J connectivity index is 1.66. The van der Waals surface area contributed by atoms with Gasteiger partial charge in [-0.2, -0.15) is 0 Å². The molecule has 0 spiro atoms. The highest BCUT2D eigenvalue weighted by Gasteiger charge is 2.33. The van der Waals surface area contributed by atoms with E-state index < -0.39 is 17.6 Å². The summed E-state index contributed by atoms with van der Waals surface area (Å²) in [5.74, 6) is -2.31. The summed E-state index contributed by atoms with van der Waals surface area (Å²) in [4.78, 5) is 27.0. The molecule has 0 saturated carbocycles. The molecule has 38 heavy (non-hydrogen) atoms. The van der Waals surface area contributed by atoms with Crippen LogP contribution in [0.2, 0.25) is 0 Å². The molecule has 0 aliphatic carbocycles. The fourth-order valence-electron chi connectivity index (χ4n) is 5.92. The number of halogens is 2.